The lowest BCUT2D eigenvalue weighted by Gasteiger charge is -2.37. The molecule has 0 bridgehead atoms. The summed E-state index contributed by atoms with van der Waals surface area (Å²) in [5.41, 5.74) is 1.80. The largest absolute Gasteiger partial charge is 0.487 e. The quantitative estimate of drug-likeness (QED) is 0.602. The van der Waals surface area contributed by atoms with Crippen molar-refractivity contribution in [1.29, 1.82) is 0 Å². The van der Waals surface area contributed by atoms with Gasteiger partial charge in [-0.05, 0) is 56.2 Å². The van der Waals surface area contributed by atoms with Gasteiger partial charge in [-0.1, -0.05) is 19.3 Å². The van der Waals surface area contributed by atoms with Gasteiger partial charge >= 0.3 is 0 Å². The molecule has 1 aromatic rings. The Hall–Kier alpha value is -2.12. The maximum Gasteiger partial charge on any atom is 0.224 e. The second-order valence-electron chi connectivity index (χ2n) is 9.96. The first-order valence-corrected chi connectivity index (χ1v) is 12.2. The van der Waals surface area contributed by atoms with E-state index in [-0.39, 0.29) is 42.6 Å². The molecule has 2 aliphatic heterocycles. The molecule has 32 heavy (non-hydrogen) atoms. The van der Waals surface area contributed by atoms with Gasteiger partial charge in [-0.25, -0.2) is 0 Å². The molecule has 7 nitrogen and oxygen atoms in total. The van der Waals surface area contributed by atoms with Crippen molar-refractivity contribution in [3.8, 4) is 5.75 Å². The van der Waals surface area contributed by atoms with Crippen LogP contribution in [0.1, 0.15) is 75.7 Å². The van der Waals surface area contributed by atoms with Gasteiger partial charge in [0.05, 0.1) is 19.1 Å². The van der Waals surface area contributed by atoms with Gasteiger partial charge in [-0.2, -0.15) is 0 Å². The number of carbonyl (C=O) groups excluding carboxylic acids is 2. The van der Waals surface area contributed by atoms with Crippen molar-refractivity contribution in [3.63, 3.8) is 0 Å². The Morgan fingerprint density at radius 2 is 1.84 bits per heavy atom. The fourth-order valence-corrected chi connectivity index (χ4v) is 5.50. The predicted molar refractivity (Wildman–Crippen MR) is 120 cm³/mol. The highest BCUT2D eigenvalue weighted by Gasteiger charge is 2.46. The van der Waals surface area contributed by atoms with E-state index in [0.29, 0.717) is 25.2 Å². The fraction of sp³-hybridized carbons (Fsp3) is 0.680. The third kappa shape index (κ3) is 4.94. The van der Waals surface area contributed by atoms with Crippen LogP contribution in [0.4, 0.5) is 5.69 Å². The maximum absolute atomic E-state index is 12.6. The number of anilines is 1. The molecule has 0 spiro atoms. The van der Waals surface area contributed by atoms with E-state index in [2.05, 4.69) is 10.6 Å². The van der Waals surface area contributed by atoms with E-state index in [0.717, 1.165) is 42.7 Å². The second kappa shape index (κ2) is 9.40. The summed E-state index contributed by atoms with van der Waals surface area (Å²) in [5.74, 6) is 1.43. The molecule has 1 saturated heterocycles. The molecule has 5 rings (SSSR count). The Labute approximate surface area is 189 Å². The monoisotopic (exact) mass is 442 g/mol. The Kier molecular flexibility index (Phi) is 6.37. The summed E-state index contributed by atoms with van der Waals surface area (Å²) in [7, 11) is 0. The number of fused-ring (bicyclic) bond motifs is 3. The van der Waals surface area contributed by atoms with Crippen LogP contribution in [-0.4, -0.2) is 47.9 Å². The van der Waals surface area contributed by atoms with Crippen molar-refractivity contribution in [2.45, 2.75) is 94.5 Å². The molecule has 0 radical (unpaired) electrons. The second-order valence-corrected chi connectivity index (χ2v) is 9.96. The molecule has 7 heteroatoms. The lowest BCUT2D eigenvalue weighted by Crippen LogP contribution is -2.48. The van der Waals surface area contributed by atoms with Gasteiger partial charge in [-0.15, -0.1) is 0 Å². The molecule has 4 aliphatic rings. The summed E-state index contributed by atoms with van der Waals surface area (Å²) in [6.07, 6.45) is 8.53. The third-order valence-electron chi connectivity index (χ3n) is 7.34. The normalized spacial score (nSPS) is 29.5. The molecule has 1 aromatic carbocycles. The van der Waals surface area contributed by atoms with Crippen LogP contribution >= 0.6 is 0 Å². The molecule has 3 fully saturated rings. The van der Waals surface area contributed by atoms with Gasteiger partial charge in [0, 0.05) is 29.6 Å². The molecule has 2 heterocycles. The van der Waals surface area contributed by atoms with E-state index < -0.39 is 6.10 Å². The molecule has 0 unspecified atom stereocenters. The van der Waals surface area contributed by atoms with Crippen molar-refractivity contribution < 1.29 is 24.2 Å². The van der Waals surface area contributed by atoms with Gasteiger partial charge in [-0.3, -0.25) is 9.59 Å². The zero-order valence-electron chi connectivity index (χ0n) is 18.6. The Bertz CT molecular complexity index is 849. The van der Waals surface area contributed by atoms with E-state index in [4.69, 9.17) is 9.47 Å². The van der Waals surface area contributed by atoms with E-state index in [1.54, 1.807) is 0 Å². The van der Waals surface area contributed by atoms with Crippen molar-refractivity contribution >= 4 is 17.5 Å². The van der Waals surface area contributed by atoms with Crippen LogP contribution in [0.25, 0.3) is 0 Å². The summed E-state index contributed by atoms with van der Waals surface area (Å²) in [5, 5.41) is 16.1. The summed E-state index contributed by atoms with van der Waals surface area (Å²) < 4.78 is 12.2. The predicted octanol–water partition coefficient (Wildman–Crippen LogP) is 3.26. The number of amides is 2. The van der Waals surface area contributed by atoms with Gasteiger partial charge in [0.2, 0.25) is 11.8 Å². The highest BCUT2D eigenvalue weighted by atomic mass is 16.6. The molecule has 2 amide bonds. The highest BCUT2D eigenvalue weighted by molar-refractivity contribution is 5.91. The van der Waals surface area contributed by atoms with Crippen LogP contribution in [0, 0.1) is 5.92 Å². The smallest absolute Gasteiger partial charge is 0.224 e. The maximum atomic E-state index is 12.6. The van der Waals surface area contributed by atoms with Crippen LogP contribution in [0.2, 0.25) is 0 Å². The topological polar surface area (TPSA) is 96.9 Å². The van der Waals surface area contributed by atoms with Crippen LogP contribution in [0.3, 0.4) is 0 Å². The number of aliphatic hydroxyl groups excluding tert-OH is 1. The minimum Gasteiger partial charge on any atom is -0.487 e. The number of aliphatic hydroxyl groups is 1. The molecule has 2 saturated carbocycles. The van der Waals surface area contributed by atoms with E-state index >= 15 is 0 Å². The first-order valence-electron chi connectivity index (χ1n) is 12.2. The average Bonchev–Trinajstić information content (AvgIpc) is 3.52. The van der Waals surface area contributed by atoms with Crippen LogP contribution in [0.15, 0.2) is 18.2 Å². The van der Waals surface area contributed by atoms with Gasteiger partial charge in [0.25, 0.3) is 0 Å². The first-order chi connectivity index (χ1) is 15.6. The summed E-state index contributed by atoms with van der Waals surface area (Å²) in [6.45, 7) is -0.152. The molecule has 0 aromatic heterocycles. The van der Waals surface area contributed by atoms with Gasteiger partial charge < -0.3 is 25.2 Å². The number of ether oxygens (including phenoxy) is 2. The van der Waals surface area contributed by atoms with Crippen molar-refractivity contribution in [3.05, 3.63) is 23.8 Å². The summed E-state index contributed by atoms with van der Waals surface area (Å²) in [4.78, 5) is 24.9. The Morgan fingerprint density at radius 1 is 1.03 bits per heavy atom. The first kappa shape index (κ1) is 21.7. The molecular weight excluding hydrogens is 408 g/mol. The van der Waals surface area contributed by atoms with Crippen molar-refractivity contribution in [2.24, 2.45) is 5.92 Å². The van der Waals surface area contributed by atoms with Crippen LogP contribution in [-0.2, 0) is 14.3 Å². The number of carbonyl (C=O) groups is 2. The molecule has 3 N–H and O–H groups in total. The minimum atomic E-state index is -0.471. The minimum absolute atomic E-state index is 0.0252. The van der Waals surface area contributed by atoms with Crippen LogP contribution in [0.5, 0.6) is 5.75 Å². The zero-order valence-corrected chi connectivity index (χ0v) is 18.6. The average molecular weight is 443 g/mol. The van der Waals surface area contributed by atoms with Crippen molar-refractivity contribution in [2.75, 3.05) is 11.9 Å². The third-order valence-corrected chi connectivity index (χ3v) is 7.34. The number of nitrogens with one attached hydrogen (secondary N) is 2. The summed E-state index contributed by atoms with van der Waals surface area (Å²) >= 11 is 0. The Morgan fingerprint density at radius 3 is 2.59 bits per heavy atom. The molecule has 2 aliphatic carbocycles. The molecular formula is C25H34N2O5. The van der Waals surface area contributed by atoms with E-state index in [9.17, 15) is 14.7 Å². The van der Waals surface area contributed by atoms with E-state index in [1.807, 2.05) is 18.2 Å². The number of hydrogen-bond acceptors (Lipinski definition) is 5. The fourth-order valence-electron chi connectivity index (χ4n) is 5.50. The molecule has 4 atom stereocenters. The van der Waals surface area contributed by atoms with Crippen molar-refractivity contribution in [1.82, 2.24) is 5.32 Å². The SMILES string of the molecule is O=C(CC1CC1)Nc1ccc2c(c1)[C@@H]1C[C@H](CC(=O)NC3CCCCC3)O[C@H](CO)[C@@H]1O2. The molecule has 174 valence electrons. The van der Waals surface area contributed by atoms with Crippen LogP contribution < -0.4 is 15.4 Å². The van der Waals surface area contributed by atoms with Gasteiger partial charge in [0.1, 0.15) is 18.0 Å². The van der Waals surface area contributed by atoms with Gasteiger partial charge in [0.15, 0.2) is 0 Å². The standard InChI is InChI=1S/C25H34N2O5/c28-14-22-25-20(12-18(31-22)13-24(30)26-16-4-2-1-3-5-16)19-11-17(8-9-21(19)32-25)27-23(29)10-15-6-7-15/h8-9,11,15-16,18,20,22,25,28H,1-7,10,12-14H2,(H,26,30)(H,27,29)/t18-,20+,22-,25-/m1/s1. The highest BCUT2D eigenvalue weighted by Crippen LogP contribution is 2.47. The van der Waals surface area contributed by atoms with E-state index in [1.165, 1.54) is 19.3 Å². The number of benzene rings is 1. The zero-order chi connectivity index (χ0) is 22.1. The lowest BCUT2D eigenvalue weighted by atomic mass is 9.84. The number of rotatable bonds is 7. The lowest BCUT2D eigenvalue weighted by molar-refractivity contribution is -0.142. The number of hydrogen-bond donors (Lipinski definition) is 3. The Balaban J connectivity index is 1.24. The summed E-state index contributed by atoms with van der Waals surface area (Å²) in [6, 6.07) is 6.02.